The van der Waals surface area contributed by atoms with Crippen molar-refractivity contribution in [3.63, 3.8) is 0 Å². The van der Waals surface area contributed by atoms with E-state index >= 15 is 0 Å². The summed E-state index contributed by atoms with van der Waals surface area (Å²) >= 11 is 0. The van der Waals surface area contributed by atoms with E-state index in [1.165, 1.54) is 5.56 Å². The monoisotopic (exact) mass is 289 g/mol. The predicted octanol–water partition coefficient (Wildman–Crippen LogP) is 2.27. The minimum absolute atomic E-state index is 0.0301. The van der Waals surface area contributed by atoms with E-state index in [1.54, 1.807) is 0 Å². The van der Waals surface area contributed by atoms with Crippen molar-refractivity contribution in [3.8, 4) is 5.75 Å². The highest BCUT2D eigenvalue weighted by Crippen LogP contribution is 2.29. The summed E-state index contributed by atoms with van der Waals surface area (Å²) in [6.07, 6.45) is 3.18. The maximum absolute atomic E-state index is 11.9. The summed E-state index contributed by atoms with van der Waals surface area (Å²) in [5.41, 5.74) is 1.29. The molecule has 2 aliphatic heterocycles. The highest BCUT2D eigenvalue weighted by atomic mass is 16.5. The van der Waals surface area contributed by atoms with Crippen LogP contribution in [-0.2, 0) is 16.0 Å². The third-order valence-corrected chi connectivity index (χ3v) is 4.30. The first-order chi connectivity index (χ1) is 10.3. The van der Waals surface area contributed by atoms with E-state index in [-0.39, 0.29) is 18.0 Å². The summed E-state index contributed by atoms with van der Waals surface area (Å²) < 4.78 is 11.1. The lowest BCUT2D eigenvalue weighted by atomic mass is 9.97. The number of carbonyl (C=O) groups is 1. The minimum Gasteiger partial charge on any atom is -0.488 e. The lowest BCUT2D eigenvalue weighted by molar-refractivity contribution is -0.150. The SMILES string of the molecule is CCOC(=O)[C@H]1CCCN(CC2Cc3ccccc3O2)C1. The van der Waals surface area contributed by atoms with Crippen LogP contribution in [0, 0.1) is 5.92 Å². The number of nitrogens with zero attached hydrogens (tertiary/aromatic N) is 1. The molecule has 21 heavy (non-hydrogen) atoms. The Hall–Kier alpha value is -1.55. The Morgan fingerprint density at radius 1 is 1.43 bits per heavy atom. The molecule has 0 N–H and O–H groups in total. The van der Waals surface area contributed by atoms with Crippen molar-refractivity contribution in [2.45, 2.75) is 32.3 Å². The highest BCUT2D eigenvalue weighted by Gasteiger charge is 2.30. The second kappa shape index (κ2) is 6.48. The molecule has 0 aliphatic carbocycles. The molecule has 0 radical (unpaired) electrons. The zero-order valence-electron chi connectivity index (χ0n) is 12.6. The predicted molar refractivity (Wildman–Crippen MR) is 80.4 cm³/mol. The Bertz CT molecular complexity index is 478. The van der Waals surface area contributed by atoms with Gasteiger partial charge in [-0.1, -0.05) is 18.2 Å². The molecule has 3 rings (SSSR count). The molecule has 2 aliphatic rings. The molecule has 0 amide bonds. The number of piperidine rings is 1. The molecule has 2 atom stereocenters. The van der Waals surface area contributed by atoms with Crippen molar-refractivity contribution in [2.75, 3.05) is 26.2 Å². The number of fused-ring (bicyclic) bond motifs is 1. The highest BCUT2D eigenvalue weighted by molar-refractivity contribution is 5.72. The molecule has 114 valence electrons. The van der Waals surface area contributed by atoms with E-state index in [4.69, 9.17) is 9.47 Å². The van der Waals surface area contributed by atoms with E-state index in [0.717, 1.165) is 44.6 Å². The minimum atomic E-state index is -0.0437. The number of rotatable bonds is 4. The topological polar surface area (TPSA) is 38.8 Å². The van der Waals surface area contributed by atoms with E-state index in [9.17, 15) is 4.79 Å². The molecule has 1 aromatic rings. The summed E-state index contributed by atoms with van der Waals surface area (Å²) in [4.78, 5) is 14.2. The van der Waals surface area contributed by atoms with Gasteiger partial charge in [-0.3, -0.25) is 9.69 Å². The summed E-state index contributed by atoms with van der Waals surface area (Å²) in [5.74, 6) is 1.00. The van der Waals surface area contributed by atoms with Crippen molar-refractivity contribution in [1.82, 2.24) is 4.90 Å². The van der Waals surface area contributed by atoms with Crippen LogP contribution in [0.1, 0.15) is 25.3 Å². The van der Waals surface area contributed by atoms with Gasteiger partial charge >= 0.3 is 5.97 Å². The summed E-state index contributed by atoms with van der Waals surface area (Å²) in [6, 6.07) is 8.24. The quantitative estimate of drug-likeness (QED) is 0.797. The second-order valence-electron chi connectivity index (χ2n) is 5.90. The number of likely N-dealkylation sites (tertiary alicyclic amines) is 1. The largest absolute Gasteiger partial charge is 0.488 e. The van der Waals surface area contributed by atoms with Crippen molar-refractivity contribution in [3.05, 3.63) is 29.8 Å². The van der Waals surface area contributed by atoms with E-state index in [0.29, 0.717) is 6.61 Å². The number of para-hydroxylation sites is 1. The molecule has 1 fully saturated rings. The van der Waals surface area contributed by atoms with Crippen LogP contribution < -0.4 is 4.74 Å². The van der Waals surface area contributed by atoms with Gasteiger partial charge in [0.2, 0.25) is 0 Å². The first-order valence-corrected chi connectivity index (χ1v) is 7.90. The van der Waals surface area contributed by atoms with Crippen molar-refractivity contribution in [1.29, 1.82) is 0 Å². The zero-order valence-corrected chi connectivity index (χ0v) is 12.6. The van der Waals surface area contributed by atoms with Crippen LogP contribution in [0.3, 0.4) is 0 Å². The molecule has 0 bridgehead atoms. The van der Waals surface area contributed by atoms with Gasteiger partial charge in [0.25, 0.3) is 0 Å². The Morgan fingerprint density at radius 2 is 2.29 bits per heavy atom. The number of benzene rings is 1. The fourth-order valence-corrected chi connectivity index (χ4v) is 3.32. The maximum atomic E-state index is 11.9. The van der Waals surface area contributed by atoms with Crippen LogP contribution in [0.15, 0.2) is 24.3 Å². The first-order valence-electron chi connectivity index (χ1n) is 7.90. The molecular formula is C17H23NO3. The third kappa shape index (κ3) is 3.38. The second-order valence-corrected chi connectivity index (χ2v) is 5.90. The molecule has 1 saturated heterocycles. The molecule has 1 unspecified atom stereocenters. The fraction of sp³-hybridized carbons (Fsp3) is 0.588. The number of carbonyl (C=O) groups excluding carboxylic acids is 1. The summed E-state index contributed by atoms with van der Waals surface area (Å²) in [5, 5.41) is 0. The molecule has 4 nitrogen and oxygen atoms in total. The number of hydrogen-bond acceptors (Lipinski definition) is 4. The Morgan fingerprint density at radius 3 is 3.10 bits per heavy atom. The van der Waals surface area contributed by atoms with Gasteiger partial charge in [0.1, 0.15) is 11.9 Å². The Labute approximate surface area is 126 Å². The maximum Gasteiger partial charge on any atom is 0.310 e. The normalized spacial score (nSPS) is 25.2. The van der Waals surface area contributed by atoms with E-state index < -0.39 is 0 Å². The molecule has 1 aromatic carbocycles. The standard InChI is InChI=1S/C17H23NO3/c1-2-20-17(19)14-7-5-9-18(11-14)12-15-10-13-6-3-4-8-16(13)21-15/h3-4,6,8,14-15H,2,5,7,9-12H2,1H3/t14-,15?/m0/s1. The summed E-state index contributed by atoms with van der Waals surface area (Å²) in [6.45, 7) is 5.07. The van der Waals surface area contributed by atoms with Gasteiger partial charge in [0.15, 0.2) is 0 Å². The van der Waals surface area contributed by atoms with E-state index in [2.05, 4.69) is 17.0 Å². The number of ether oxygens (including phenoxy) is 2. The number of hydrogen-bond donors (Lipinski definition) is 0. The van der Waals surface area contributed by atoms with Crippen LogP contribution in [0.2, 0.25) is 0 Å². The van der Waals surface area contributed by atoms with Crippen molar-refractivity contribution >= 4 is 5.97 Å². The average Bonchev–Trinajstić information content (AvgIpc) is 2.90. The van der Waals surface area contributed by atoms with Gasteiger partial charge in [-0.05, 0) is 37.9 Å². The van der Waals surface area contributed by atoms with E-state index in [1.807, 2.05) is 19.1 Å². The molecular weight excluding hydrogens is 266 g/mol. The van der Waals surface area contributed by atoms with Crippen LogP contribution in [0.5, 0.6) is 5.75 Å². The average molecular weight is 289 g/mol. The molecule has 4 heteroatoms. The van der Waals surface area contributed by atoms with Crippen LogP contribution in [-0.4, -0.2) is 43.2 Å². The molecule has 0 saturated carbocycles. The molecule has 0 aromatic heterocycles. The van der Waals surface area contributed by atoms with Gasteiger partial charge in [0, 0.05) is 19.5 Å². The van der Waals surface area contributed by atoms with Crippen molar-refractivity contribution in [2.24, 2.45) is 5.92 Å². The lowest BCUT2D eigenvalue weighted by Crippen LogP contribution is -2.43. The van der Waals surface area contributed by atoms with Crippen LogP contribution >= 0.6 is 0 Å². The first kappa shape index (κ1) is 14.4. The summed E-state index contributed by atoms with van der Waals surface area (Å²) in [7, 11) is 0. The van der Waals surface area contributed by atoms with Gasteiger partial charge in [-0.25, -0.2) is 0 Å². The fourth-order valence-electron chi connectivity index (χ4n) is 3.32. The smallest absolute Gasteiger partial charge is 0.310 e. The van der Waals surface area contributed by atoms with Crippen LogP contribution in [0.4, 0.5) is 0 Å². The third-order valence-electron chi connectivity index (χ3n) is 4.30. The molecule has 2 heterocycles. The molecule has 0 spiro atoms. The Kier molecular flexibility index (Phi) is 4.44. The van der Waals surface area contributed by atoms with Crippen LogP contribution in [0.25, 0.3) is 0 Å². The van der Waals surface area contributed by atoms with Gasteiger partial charge < -0.3 is 9.47 Å². The number of esters is 1. The lowest BCUT2D eigenvalue weighted by Gasteiger charge is -2.32. The van der Waals surface area contributed by atoms with Crippen molar-refractivity contribution < 1.29 is 14.3 Å². The Balaban J connectivity index is 1.53. The van der Waals surface area contributed by atoms with Gasteiger partial charge in [0.05, 0.1) is 12.5 Å². The van der Waals surface area contributed by atoms with Gasteiger partial charge in [-0.2, -0.15) is 0 Å². The van der Waals surface area contributed by atoms with Gasteiger partial charge in [-0.15, -0.1) is 0 Å². The zero-order chi connectivity index (χ0) is 14.7.